The summed E-state index contributed by atoms with van der Waals surface area (Å²) in [5.74, 6) is -1.68. The molecule has 2 heterocycles. The van der Waals surface area contributed by atoms with E-state index in [2.05, 4.69) is 29.2 Å². The molecule has 0 spiro atoms. The minimum atomic E-state index is -0.849. The number of carbonyl (C=O) groups is 2. The van der Waals surface area contributed by atoms with E-state index in [1.54, 1.807) is 12.3 Å². The highest BCUT2D eigenvalue weighted by Gasteiger charge is 2.42. The number of hydrogen-bond acceptors (Lipinski definition) is 4. The van der Waals surface area contributed by atoms with E-state index in [0.717, 1.165) is 25.0 Å². The van der Waals surface area contributed by atoms with Crippen LogP contribution in [-0.4, -0.2) is 37.3 Å². The van der Waals surface area contributed by atoms with Crippen molar-refractivity contribution in [3.8, 4) is 0 Å². The zero-order chi connectivity index (χ0) is 19.8. The molecule has 0 radical (unpaired) electrons. The lowest BCUT2D eigenvalue weighted by atomic mass is 9.73. The quantitative estimate of drug-likeness (QED) is 0.837. The summed E-state index contributed by atoms with van der Waals surface area (Å²) in [6.45, 7) is 7.84. The predicted octanol–water partition coefficient (Wildman–Crippen LogP) is 3.47. The highest BCUT2D eigenvalue weighted by atomic mass is 16.4. The van der Waals surface area contributed by atoms with E-state index in [1.165, 1.54) is 0 Å². The van der Waals surface area contributed by atoms with Gasteiger partial charge in [0, 0.05) is 5.69 Å². The standard InChI is InChI=1S/C20H28N4O3/c1-5-13(3)24-17-15(11-21-24)14(10-12(2)22-17)18(25)23-20(4)9-7-6-8-16(20)19(26)27/h10-11,13,16H,5-9H2,1-4H3,(H,23,25)(H,26,27). The van der Waals surface area contributed by atoms with Crippen molar-refractivity contribution in [1.29, 1.82) is 0 Å². The van der Waals surface area contributed by atoms with Crippen molar-refractivity contribution in [2.45, 2.75) is 71.4 Å². The average Bonchev–Trinajstić information content (AvgIpc) is 3.03. The van der Waals surface area contributed by atoms with Gasteiger partial charge in [-0.3, -0.25) is 9.59 Å². The molecule has 1 amide bonds. The lowest BCUT2D eigenvalue weighted by molar-refractivity contribution is -0.145. The van der Waals surface area contributed by atoms with Gasteiger partial charge in [-0.15, -0.1) is 0 Å². The van der Waals surface area contributed by atoms with Crippen LogP contribution in [0.15, 0.2) is 12.3 Å². The van der Waals surface area contributed by atoms with Crippen molar-refractivity contribution < 1.29 is 14.7 Å². The Morgan fingerprint density at radius 2 is 2.19 bits per heavy atom. The largest absolute Gasteiger partial charge is 0.481 e. The molecular formula is C20H28N4O3. The number of aryl methyl sites for hydroxylation is 1. The van der Waals surface area contributed by atoms with Gasteiger partial charge in [0.05, 0.1) is 34.6 Å². The number of hydrogen-bond donors (Lipinski definition) is 2. The fourth-order valence-electron chi connectivity index (χ4n) is 4.03. The van der Waals surface area contributed by atoms with Gasteiger partial charge in [-0.1, -0.05) is 19.8 Å². The van der Waals surface area contributed by atoms with Gasteiger partial charge in [0.2, 0.25) is 0 Å². The molecule has 2 N–H and O–H groups in total. The van der Waals surface area contributed by atoms with Crippen LogP contribution in [0.5, 0.6) is 0 Å². The first-order valence-electron chi connectivity index (χ1n) is 9.67. The molecule has 0 saturated heterocycles. The molecule has 7 heteroatoms. The zero-order valence-corrected chi connectivity index (χ0v) is 16.5. The number of aliphatic carboxylic acids is 1. The Hall–Kier alpha value is -2.44. The summed E-state index contributed by atoms with van der Waals surface area (Å²) >= 11 is 0. The lowest BCUT2D eigenvalue weighted by Gasteiger charge is -2.39. The third-order valence-electron chi connectivity index (χ3n) is 5.85. The van der Waals surface area contributed by atoms with Gasteiger partial charge in [0.15, 0.2) is 5.65 Å². The maximum absolute atomic E-state index is 13.1. The van der Waals surface area contributed by atoms with Gasteiger partial charge in [-0.05, 0) is 46.1 Å². The summed E-state index contributed by atoms with van der Waals surface area (Å²) in [4.78, 5) is 29.4. The molecular weight excluding hydrogens is 344 g/mol. The number of pyridine rings is 1. The van der Waals surface area contributed by atoms with Gasteiger partial charge >= 0.3 is 5.97 Å². The van der Waals surface area contributed by atoms with E-state index in [-0.39, 0.29) is 11.9 Å². The second-order valence-corrected chi connectivity index (χ2v) is 7.90. The fraction of sp³-hybridized carbons (Fsp3) is 0.600. The number of nitrogens with zero attached hydrogens (tertiary/aromatic N) is 3. The molecule has 1 fully saturated rings. The monoisotopic (exact) mass is 372 g/mol. The molecule has 146 valence electrons. The highest BCUT2D eigenvalue weighted by Crippen LogP contribution is 2.34. The molecule has 0 bridgehead atoms. The SMILES string of the molecule is CCC(C)n1ncc2c(C(=O)NC3(C)CCCCC3C(=O)O)cc(C)nc21. The molecule has 2 aromatic heterocycles. The minimum Gasteiger partial charge on any atom is -0.481 e. The van der Waals surface area contributed by atoms with Crippen molar-refractivity contribution in [2.24, 2.45) is 5.92 Å². The Morgan fingerprint density at radius 1 is 1.44 bits per heavy atom. The number of amides is 1. The predicted molar refractivity (Wildman–Crippen MR) is 103 cm³/mol. The first kappa shape index (κ1) is 19.3. The summed E-state index contributed by atoms with van der Waals surface area (Å²) in [6.07, 6.45) is 5.63. The second kappa shape index (κ2) is 7.29. The number of aromatic nitrogens is 3. The maximum Gasteiger partial charge on any atom is 0.308 e. The summed E-state index contributed by atoms with van der Waals surface area (Å²) in [5, 5.41) is 17.8. The molecule has 1 saturated carbocycles. The van der Waals surface area contributed by atoms with E-state index in [0.29, 0.717) is 29.4 Å². The van der Waals surface area contributed by atoms with Crippen LogP contribution in [0.2, 0.25) is 0 Å². The van der Waals surface area contributed by atoms with Crippen molar-refractivity contribution in [3.05, 3.63) is 23.5 Å². The molecule has 27 heavy (non-hydrogen) atoms. The topological polar surface area (TPSA) is 97.1 Å². The van der Waals surface area contributed by atoms with Crippen molar-refractivity contribution in [2.75, 3.05) is 0 Å². The Kier molecular flexibility index (Phi) is 5.22. The zero-order valence-electron chi connectivity index (χ0n) is 16.5. The van der Waals surface area contributed by atoms with Crippen molar-refractivity contribution in [3.63, 3.8) is 0 Å². The number of carboxylic acids is 1. The third kappa shape index (κ3) is 3.55. The number of carboxylic acid groups (broad SMARTS) is 1. The van der Waals surface area contributed by atoms with E-state index in [9.17, 15) is 14.7 Å². The maximum atomic E-state index is 13.1. The third-order valence-corrected chi connectivity index (χ3v) is 5.85. The van der Waals surface area contributed by atoms with E-state index < -0.39 is 17.4 Å². The van der Waals surface area contributed by atoms with E-state index >= 15 is 0 Å². The van der Waals surface area contributed by atoms with Crippen molar-refractivity contribution >= 4 is 22.9 Å². The molecule has 0 aromatic carbocycles. The van der Waals surface area contributed by atoms with Crippen LogP contribution in [-0.2, 0) is 4.79 Å². The van der Waals surface area contributed by atoms with Gasteiger partial charge in [0.25, 0.3) is 5.91 Å². The molecule has 1 aliphatic carbocycles. The average molecular weight is 372 g/mol. The Labute approximate surface area is 159 Å². The van der Waals surface area contributed by atoms with Crippen LogP contribution in [0.3, 0.4) is 0 Å². The summed E-state index contributed by atoms with van der Waals surface area (Å²) < 4.78 is 1.85. The van der Waals surface area contributed by atoms with Crippen LogP contribution < -0.4 is 5.32 Å². The molecule has 1 aliphatic rings. The molecule has 2 aromatic rings. The summed E-state index contributed by atoms with van der Waals surface area (Å²) in [7, 11) is 0. The minimum absolute atomic E-state index is 0.181. The normalized spacial score (nSPS) is 23.9. The molecule has 0 aliphatic heterocycles. The molecule has 7 nitrogen and oxygen atoms in total. The van der Waals surface area contributed by atoms with Gasteiger partial charge in [0.1, 0.15) is 0 Å². The second-order valence-electron chi connectivity index (χ2n) is 7.90. The van der Waals surface area contributed by atoms with E-state index in [4.69, 9.17) is 0 Å². The van der Waals surface area contributed by atoms with Crippen LogP contribution in [0, 0.1) is 12.8 Å². The van der Waals surface area contributed by atoms with Crippen LogP contribution in [0.1, 0.15) is 75.0 Å². The molecule has 3 atom stereocenters. The molecule has 3 rings (SSSR count). The van der Waals surface area contributed by atoms with Gasteiger partial charge < -0.3 is 10.4 Å². The van der Waals surface area contributed by atoms with Crippen molar-refractivity contribution in [1.82, 2.24) is 20.1 Å². The smallest absolute Gasteiger partial charge is 0.308 e. The Bertz CT molecular complexity index is 875. The first-order valence-corrected chi connectivity index (χ1v) is 9.67. The van der Waals surface area contributed by atoms with Crippen LogP contribution in [0.25, 0.3) is 11.0 Å². The van der Waals surface area contributed by atoms with Gasteiger partial charge in [-0.25, -0.2) is 9.67 Å². The Morgan fingerprint density at radius 3 is 2.85 bits per heavy atom. The summed E-state index contributed by atoms with van der Waals surface area (Å²) in [5.41, 5.74) is 1.18. The molecule has 3 unspecified atom stereocenters. The van der Waals surface area contributed by atoms with Crippen LogP contribution in [0.4, 0.5) is 0 Å². The lowest BCUT2D eigenvalue weighted by Crippen LogP contribution is -2.55. The fourth-order valence-corrected chi connectivity index (χ4v) is 4.03. The van der Waals surface area contributed by atoms with Crippen LogP contribution >= 0.6 is 0 Å². The van der Waals surface area contributed by atoms with Gasteiger partial charge in [-0.2, -0.15) is 5.10 Å². The first-order chi connectivity index (χ1) is 12.8. The Balaban J connectivity index is 1.98. The number of fused-ring (bicyclic) bond motifs is 1. The number of rotatable bonds is 5. The van der Waals surface area contributed by atoms with E-state index in [1.807, 2.05) is 18.5 Å². The number of carbonyl (C=O) groups excluding carboxylic acids is 1. The summed E-state index contributed by atoms with van der Waals surface area (Å²) in [6, 6.07) is 1.93. The highest BCUT2D eigenvalue weighted by molar-refractivity contribution is 6.06. The number of nitrogens with one attached hydrogen (secondary N) is 1.